The Labute approximate surface area is 167 Å². The Morgan fingerprint density at radius 1 is 1.07 bits per heavy atom. The Bertz CT molecular complexity index is 939. The molecular weight excluding hydrogens is 382 g/mol. The molecule has 2 N–H and O–H groups in total. The van der Waals surface area contributed by atoms with Gasteiger partial charge in [0.15, 0.2) is 6.10 Å². The second kappa shape index (κ2) is 9.53. The van der Waals surface area contributed by atoms with Gasteiger partial charge in [-0.15, -0.1) is 0 Å². The van der Waals surface area contributed by atoms with Crippen molar-refractivity contribution in [3.63, 3.8) is 0 Å². The van der Waals surface area contributed by atoms with Gasteiger partial charge in [-0.3, -0.25) is 9.59 Å². The van der Waals surface area contributed by atoms with Crippen LogP contribution in [0.25, 0.3) is 0 Å². The summed E-state index contributed by atoms with van der Waals surface area (Å²) in [6.07, 6.45) is -1.13. The van der Waals surface area contributed by atoms with Crippen molar-refractivity contribution >= 4 is 35.1 Å². The Balaban J connectivity index is 1.94. The van der Waals surface area contributed by atoms with Gasteiger partial charge in [0.05, 0.1) is 21.8 Å². The molecule has 2 aromatic carbocycles. The van der Waals surface area contributed by atoms with E-state index in [9.17, 15) is 14.4 Å². The lowest BCUT2D eigenvalue weighted by Gasteiger charge is -2.18. The molecule has 8 heteroatoms. The smallest absolute Gasteiger partial charge is 0.329 e. The van der Waals surface area contributed by atoms with Crippen LogP contribution < -0.4 is 10.6 Å². The normalized spacial score (nSPS) is 12.2. The van der Waals surface area contributed by atoms with Gasteiger partial charge in [0.1, 0.15) is 12.1 Å². The molecule has 0 radical (unpaired) electrons. The molecule has 144 valence electrons. The fourth-order valence-corrected chi connectivity index (χ4v) is 2.45. The number of para-hydroxylation sites is 1. The lowest BCUT2D eigenvalue weighted by Crippen LogP contribution is -2.42. The third-order valence-corrected chi connectivity index (χ3v) is 4.12. The quantitative estimate of drug-likeness (QED) is 0.726. The zero-order chi connectivity index (χ0) is 20.7. The second-order valence-electron chi connectivity index (χ2n) is 5.90. The number of hydrogen-bond acceptors (Lipinski definition) is 5. The van der Waals surface area contributed by atoms with Gasteiger partial charge < -0.3 is 15.4 Å². The summed E-state index contributed by atoms with van der Waals surface area (Å²) in [6, 6.07) is 13.8. The maximum atomic E-state index is 12.2. The molecule has 28 heavy (non-hydrogen) atoms. The molecular formula is C20H18ClN3O4. The fraction of sp³-hybridized carbons (Fsp3) is 0.200. The molecule has 0 saturated carbocycles. The summed E-state index contributed by atoms with van der Waals surface area (Å²) in [5.41, 5.74) is 0.829. The molecule has 0 saturated heterocycles. The van der Waals surface area contributed by atoms with Crippen molar-refractivity contribution in [2.45, 2.75) is 26.0 Å². The zero-order valence-corrected chi connectivity index (χ0v) is 16.0. The first-order valence-corrected chi connectivity index (χ1v) is 8.77. The molecule has 2 rings (SSSR count). The molecule has 0 aromatic heterocycles. The molecule has 0 bridgehead atoms. The van der Waals surface area contributed by atoms with Crippen LogP contribution in [0.3, 0.4) is 0 Å². The number of rotatable bonds is 6. The predicted molar refractivity (Wildman–Crippen MR) is 104 cm³/mol. The number of carbonyl (C=O) groups is 3. The van der Waals surface area contributed by atoms with Crippen molar-refractivity contribution < 1.29 is 19.1 Å². The molecule has 0 spiro atoms. The number of hydrogen-bond donors (Lipinski definition) is 2. The third-order valence-electron chi connectivity index (χ3n) is 3.79. The molecule has 0 aliphatic carbocycles. The monoisotopic (exact) mass is 399 g/mol. The van der Waals surface area contributed by atoms with Crippen LogP contribution in [0.15, 0.2) is 48.5 Å². The van der Waals surface area contributed by atoms with Crippen LogP contribution in [0.1, 0.15) is 29.8 Å². The van der Waals surface area contributed by atoms with Gasteiger partial charge >= 0.3 is 5.97 Å². The summed E-state index contributed by atoms with van der Waals surface area (Å²) in [6.45, 7) is 2.83. The molecule has 2 aromatic rings. The van der Waals surface area contributed by atoms with E-state index in [0.29, 0.717) is 5.69 Å². The van der Waals surface area contributed by atoms with Crippen molar-refractivity contribution in [3.8, 4) is 6.07 Å². The standard InChI is InChI=1S/C20H18ClN3O4/c1-12(23-19(26)15-8-4-5-9-16(15)21)20(27)28-13(2)18(25)24-17-10-6-3-7-14(17)11-22/h3-10,12-13H,1-2H3,(H,23,26)(H,24,25). The number of nitriles is 1. The van der Waals surface area contributed by atoms with E-state index in [1.54, 1.807) is 42.5 Å². The van der Waals surface area contributed by atoms with Crippen LogP contribution in [0.5, 0.6) is 0 Å². The van der Waals surface area contributed by atoms with Crippen LogP contribution in [0.2, 0.25) is 5.02 Å². The number of halogens is 1. The molecule has 0 heterocycles. The van der Waals surface area contributed by atoms with Gasteiger partial charge in [-0.2, -0.15) is 5.26 Å². The maximum Gasteiger partial charge on any atom is 0.329 e. The Kier molecular flexibility index (Phi) is 7.13. The topological polar surface area (TPSA) is 108 Å². The first-order chi connectivity index (χ1) is 13.3. The van der Waals surface area contributed by atoms with Gasteiger partial charge in [-0.05, 0) is 38.1 Å². The van der Waals surface area contributed by atoms with Crippen molar-refractivity contribution in [3.05, 3.63) is 64.7 Å². The van der Waals surface area contributed by atoms with Crippen LogP contribution in [-0.2, 0) is 14.3 Å². The molecule has 2 unspecified atom stereocenters. The molecule has 0 aliphatic heterocycles. The number of ether oxygens (including phenoxy) is 1. The van der Waals surface area contributed by atoms with Gasteiger partial charge in [0, 0.05) is 0 Å². The summed E-state index contributed by atoms with van der Waals surface area (Å²) >= 11 is 5.96. The largest absolute Gasteiger partial charge is 0.451 e. The second-order valence-corrected chi connectivity index (χ2v) is 6.31. The summed E-state index contributed by atoms with van der Waals surface area (Å²) < 4.78 is 5.11. The van der Waals surface area contributed by atoms with Gasteiger partial charge in [-0.1, -0.05) is 35.9 Å². The van der Waals surface area contributed by atoms with E-state index in [1.165, 1.54) is 19.9 Å². The van der Waals surface area contributed by atoms with E-state index in [1.807, 2.05) is 6.07 Å². The summed E-state index contributed by atoms with van der Waals surface area (Å²) in [5.74, 6) is -1.91. The number of carbonyl (C=O) groups excluding carboxylic acids is 3. The van der Waals surface area contributed by atoms with Crippen molar-refractivity contribution in [1.82, 2.24) is 5.32 Å². The Morgan fingerprint density at radius 3 is 2.39 bits per heavy atom. The van der Waals surface area contributed by atoms with E-state index in [0.717, 1.165) is 0 Å². The molecule has 2 atom stereocenters. The molecule has 0 fully saturated rings. The summed E-state index contributed by atoms with van der Waals surface area (Å²) in [7, 11) is 0. The minimum absolute atomic E-state index is 0.225. The van der Waals surface area contributed by atoms with E-state index >= 15 is 0 Å². The first-order valence-electron chi connectivity index (χ1n) is 8.39. The molecule has 2 amide bonds. The van der Waals surface area contributed by atoms with Crippen LogP contribution in [0.4, 0.5) is 5.69 Å². The molecule has 7 nitrogen and oxygen atoms in total. The lowest BCUT2D eigenvalue weighted by molar-refractivity contribution is -0.154. The van der Waals surface area contributed by atoms with E-state index in [4.69, 9.17) is 21.6 Å². The van der Waals surface area contributed by atoms with Crippen LogP contribution >= 0.6 is 11.6 Å². The van der Waals surface area contributed by atoms with Crippen molar-refractivity contribution in [1.29, 1.82) is 5.26 Å². The number of esters is 1. The van der Waals surface area contributed by atoms with Gasteiger partial charge in [0.25, 0.3) is 11.8 Å². The fourth-order valence-electron chi connectivity index (χ4n) is 2.23. The lowest BCUT2D eigenvalue weighted by atomic mass is 10.2. The highest BCUT2D eigenvalue weighted by atomic mass is 35.5. The SMILES string of the molecule is CC(NC(=O)c1ccccc1Cl)C(=O)OC(C)C(=O)Nc1ccccc1C#N. The Morgan fingerprint density at radius 2 is 1.71 bits per heavy atom. The average Bonchev–Trinajstić information content (AvgIpc) is 2.68. The summed E-state index contributed by atoms with van der Waals surface area (Å²) in [4.78, 5) is 36.6. The number of nitrogens with one attached hydrogen (secondary N) is 2. The van der Waals surface area contributed by atoms with E-state index in [-0.39, 0.29) is 16.1 Å². The Hall–Kier alpha value is -3.37. The summed E-state index contributed by atoms with van der Waals surface area (Å²) in [5, 5.41) is 14.3. The van der Waals surface area contributed by atoms with Gasteiger partial charge in [0.2, 0.25) is 0 Å². The van der Waals surface area contributed by atoms with Crippen LogP contribution in [0, 0.1) is 11.3 Å². The highest BCUT2D eigenvalue weighted by Gasteiger charge is 2.24. The zero-order valence-electron chi connectivity index (χ0n) is 15.2. The minimum atomic E-state index is -1.13. The van der Waals surface area contributed by atoms with Crippen molar-refractivity contribution in [2.24, 2.45) is 0 Å². The number of benzene rings is 2. The van der Waals surface area contributed by atoms with Crippen molar-refractivity contribution in [2.75, 3.05) is 5.32 Å². The molecule has 0 aliphatic rings. The van der Waals surface area contributed by atoms with E-state index < -0.39 is 29.9 Å². The number of anilines is 1. The van der Waals surface area contributed by atoms with E-state index in [2.05, 4.69) is 10.6 Å². The predicted octanol–water partition coefficient (Wildman–Crippen LogP) is 2.90. The number of nitrogens with zero attached hydrogens (tertiary/aromatic N) is 1. The maximum absolute atomic E-state index is 12.2. The highest BCUT2D eigenvalue weighted by Crippen LogP contribution is 2.16. The average molecular weight is 400 g/mol. The van der Waals surface area contributed by atoms with Gasteiger partial charge in [-0.25, -0.2) is 4.79 Å². The third kappa shape index (κ3) is 5.32. The highest BCUT2D eigenvalue weighted by molar-refractivity contribution is 6.33. The number of amides is 2. The minimum Gasteiger partial charge on any atom is -0.451 e. The first kappa shape index (κ1) is 20.9. The van der Waals surface area contributed by atoms with Crippen LogP contribution in [-0.4, -0.2) is 29.9 Å².